The highest BCUT2D eigenvalue weighted by Gasteiger charge is 2.05. The Hall–Kier alpha value is -1.06. The highest BCUT2D eigenvalue weighted by molar-refractivity contribution is 5.30. The van der Waals surface area contributed by atoms with Gasteiger partial charge in [-0.05, 0) is 44.0 Å². The minimum Gasteiger partial charge on any atom is -0.494 e. The first-order valence-corrected chi connectivity index (χ1v) is 7.23. The first-order chi connectivity index (χ1) is 9.27. The summed E-state index contributed by atoms with van der Waals surface area (Å²) in [5.41, 5.74) is 1.27. The van der Waals surface area contributed by atoms with E-state index >= 15 is 0 Å². The van der Waals surface area contributed by atoms with Gasteiger partial charge in [0.15, 0.2) is 0 Å². The molecular weight excluding hydrogens is 238 g/mol. The molecule has 1 rings (SSSR count). The number of nitrogens with one attached hydrogen (secondary N) is 1. The third-order valence-electron chi connectivity index (χ3n) is 3.10. The molecule has 0 radical (unpaired) electrons. The van der Waals surface area contributed by atoms with Crippen LogP contribution in [-0.4, -0.2) is 26.9 Å². The van der Waals surface area contributed by atoms with E-state index in [0.717, 1.165) is 44.8 Å². The fourth-order valence-corrected chi connectivity index (χ4v) is 1.86. The molecule has 1 aromatic carbocycles. The Bertz CT molecular complexity index is 341. The zero-order chi connectivity index (χ0) is 13.9. The van der Waals surface area contributed by atoms with E-state index in [9.17, 15) is 0 Å². The van der Waals surface area contributed by atoms with Crippen LogP contribution in [0.4, 0.5) is 0 Å². The number of ether oxygens (including phenoxy) is 2. The van der Waals surface area contributed by atoms with Crippen molar-refractivity contribution in [1.82, 2.24) is 5.32 Å². The normalized spacial score (nSPS) is 12.4. The first kappa shape index (κ1) is 16.0. The van der Waals surface area contributed by atoms with E-state index < -0.39 is 0 Å². The molecule has 0 saturated heterocycles. The molecule has 1 N–H and O–H groups in total. The molecule has 1 atom stereocenters. The van der Waals surface area contributed by atoms with E-state index in [2.05, 4.69) is 37.4 Å². The van der Waals surface area contributed by atoms with Crippen LogP contribution in [0.1, 0.15) is 44.7 Å². The maximum Gasteiger partial charge on any atom is 0.119 e. The van der Waals surface area contributed by atoms with Crippen molar-refractivity contribution < 1.29 is 9.47 Å². The summed E-state index contributed by atoms with van der Waals surface area (Å²) in [5, 5.41) is 3.49. The van der Waals surface area contributed by atoms with Gasteiger partial charge in [0.1, 0.15) is 5.75 Å². The summed E-state index contributed by atoms with van der Waals surface area (Å²) in [6, 6.07) is 8.69. The van der Waals surface area contributed by atoms with Gasteiger partial charge in [-0.2, -0.15) is 0 Å². The monoisotopic (exact) mass is 265 g/mol. The van der Waals surface area contributed by atoms with Gasteiger partial charge in [-0.3, -0.25) is 0 Å². The molecule has 3 nitrogen and oxygen atoms in total. The van der Waals surface area contributed by atoms with Gasteiger partial charge in [0, 0.05) is 19.8 Å². The molecule has 0 aromatic heterocycles. The van der Waals surface area contributed by atoms with Crippen molar-refractivity contribution in [2.24, 2.45) is 0 Å². The van der Waals surface area contributed by atoms with Crippen molar-refractivity contribution >= 4 is 0 Å². The largest absolute Gasteiger partial charge is 0.494 e. The standard InChI is InChI=1S/C16H27NO2/c1-4-5-12-19-16-9-6-8-15(13-16)14(2)17-10-7-11-18-3/h6,8-9,13-14,17H,4-5,7,10-12H2,1-3H3/t14-/m1/s1. The summed E-state index contributed by atoms with van der Waals surface area (Å²) >= 11 is 0. The predicted molar refractivity (Wildman–Crippen MR) is 79.8 cm³/mol. The molecule has 0 saturated carbocycles. The molecule has 0 aliphatic heterocycles. The highest BCUT2D eigenvalue weighted by atomic mass is 16.5. The molecule has 1 aromatic rings. The fraction of sp³-hybridized carbons (Fsp3) is 0.625. The van der Waals surface area contributed by atoms with Gasteiger partial charge in [-0.1, -0.05) is 25.5 Å². The van der Waals surface area contributed by atoms with Gasteiger partial charge < -0.3 is 14.8 Å². The molecule has 19 heavy (non-hydrogen) atoms. The maximum atomic E-state index is 5.73. The summed E-state index contributed by atoms with van der Waals surface area (Å²) in [5.74, 6) is 0.969. The lowest BCUT2D eigenvalue weighted by molar-refractivity contribution is 0.193. The Labute approximate surface area is 117 Å². The van der Waals surface area contributed by atoms with E-state index in [4.69, 9.17) is 9.47 Å². The zero-order valence-corrected chi connectivity index (χ0v) is 12.4. The third kappa shape index (κ3) is 6.60. The van der Waals surface area contributed by atoms with Crippen LogP contribution in [0.15, 0.2) is 24.3 Å². The number of unbranched alkanes of at least 4 members (excludes halogenated alkanes) is 1. The fourth-order valence-electron chi connectivity index (χ4n) is 1.86. The SMILES string of the molecule is CCCCOc1cccc([C@@H](C)NCCCOC)c1. The summed E-state index contributed by atoms with van der Waals surface area (Å²) in [4.78, 5) is 0. The molecule has 0 aliphatic rings. The summed E-state index contributed by atoms with van der Waals surface area (Å²) in [6.45, 7) is 6.93. The number of benzene rings is 1. The smallest absolute Gasteiger partial charge is 0.119 e. The van der Waals surface area contributed by atoms with E-state index in [1.54, 1.807) is 7.11 Å². The summed E-state index contributed by atoms with van der Waals surface area (Å²) in [6.07, 6.45) is 3.31. The predicted octanol–water partition coefficient (Wildman–Crippen LogP) is 3.55. The third-order valence-corrected chi connectivity index (χ3v) is 3.10. The van der Waals surface area contributed by atoms with Crippen LogP contribution < -0.4 is 10.1 Å². The number of hydrogen-bond donors (Lipinski definition) is 1. The number of rotatable bonds is 10. The van der Waals surface area contributed by atoms with Crippen molar-refractivity contribution in [1.29, 1.82) is 0 Å². The first-order valence-electron chi connectivity index (χ1n) is 7.23. The quantitative estimate of drug-likeness (QED) is 0.656. The molecule has 108 valence electrons. The Morgan fingerprint density at radius 1 is 1.21 bits per heavy atom. The van der Waals surface area contributed by atoms with Crippen molar-refractivity contribution in [3.63, 3.8) is 0 Å². The second-order valence-electron chi connectivity index (χ2n) is 4.80. The van der Waals surface area contributed by atoms with Crippen LogP contribution in [0, 0.1) is 0 Å². The minimum atomic E-state index is 0.339. The van der Waals surface area contributed by atoms with Crippen LogP contribution in [0.5, 0.6) is 5.75 Å². The van der Waals surface area contributed by atoms with Crippen molar-refractivity contribution in [2.45, 2.75) is 39.2 Å². The lowest BCUT2D eigenvalue weighted by Crippen LogP contribution is -2.20. The van der Waals surface area contributed by atoms with Crippen molar-refractivity contribution in [3.05, 3.63) is 29.8 Å². The lowest BCUT2D eigenvalue weighted by atomic mass is 10.1. The molecule has 0 unspecified atom stereocenters. The maximum absolute atomic E-state index is 5.73. The number of methoxy groups -OCH3 is 1. The van der Waals surface area contributed by atoms with Gasteiger partial charge in [-0.25, -0.2) is 0 Å². The Balaban J connectivity index is 2.41. The molecule has 0 spiro atoms. The minimum absolute atomic E-state index is 0.339. The second kappa shape index (κ2) is 9.82. The van der Waals surface area contributed by atoms with Crippen LogP contribution in [0.25, 0.3) is 0 Å². The zero-order valence-electron chi connectivity index (χ0n) is 12.4. The van der Waals surface area contributed by atoms with Gasteiger partial charge in [0.05, 0.1) is 6.61 Å². The molecular formula is C16H27NO2. The van der Waals surface area contributed by atoms with E-state index in [-0.39, 0.29) is 0 Å². The molecule has 0 fully saturated rings. The summed E-state index contributed by atoms with van der Waals surface area (Å²) < 4.78 is 10.8. The van der Waals surface area contributed by atoms with E-state index in [1.807, 2.05) is 6.07 Å². The Morgan fingerprint density at radius 3 is 2.79 bits per heavy atom. The average molecular weight is 265 g/mol. The van der Waals surface area contributed by atoms with Crippen LogP contribution in [-0.2, 0) is 4.74 Å². The topological polar surface area (TPSA) is 30.5 Å². The molecule has 0 heterocycles. The number of hydrogen-bond acceptors (Lipinski definition) is 3. The highest BCUT2D eigenvalue weighted by Crippen LogP contribution is 2.19. The molecule has 0 bridgehead atoms. The Morgan fingerprint density at radius 2 is 2.05 bits per heavy atom. The van der Waals surface area contributed by atoms with Gasteiger partial charge in [-0.15, -0.1) is 0 Å². The van der Waals surface area contributed by atoms with Gasteiger partial charge in [0.25, 0.3) is 0 Å². The van der Waals surface area contributed by atoms with Crippen LogP contribution in [0.2, 0.25) is 0 Å². The lowest BCUT2D eigenvalue weighted by Gasteiger charge is -2.15. The van der Waals surface area contributed by atoms with Gasteiger partial charge >= 0.3 is 0 Å². The van der Waals surface area contributed by atoms with Gasteiger partial charge in [0.2, 0.25) is 0 Å². The van der Waals surface area contributed by atoms with E-state index in [0.29, 0.717) is 6.04 Å². The molecule has 0 aliphatic carbocycles. The van der Waals surface area contributed by atoms with Crippen LogP contribution >= 0.6 is 0 Å². The van der Waals surface area contributed by atoms with Crippen molar-refractivity contribution in [3.8, 4) is 5.75 Å². The Kier molecular flexibility index (Phi) is 8.26. The molecule has 0 amide bonds. The van der Waals surface area contributed by atoms with Crippen LogP contribution in [0.3, 0.4) is 0 Å². The van der Waals surface area contributed by atoms with Crippen molar-refractivity contribution in [2.75, 3.05) is 26.9 Å². The van der Waals surface area contributed by atoms with E-state index in [1.165, 1.54) is 5.56 Å². The second-order valence-corrected chi connectivity index (χ2v) is 4.80. The summed E-state index contributed by atoms with van der Waals surface area (Å²) in [7, 11) is 1.74. The average Bonchev–Trinajstić information content (AvgIpc) is 2.44. The molecule has 3 heteroatoms.